The number of hydrogen-bond donors (Lipinski definition) is 6. The fourth-order valence-electron chi connectivity index (χ4n) is 1.41. The van der Waals surface area contributed by atoms with Crippen LogP contribution in [0.3, 0.4) is 0 Å². The van der Waals surface area contributed by atoms with Gasteiger partial charge in [0.1, 0.15) is 0 Å². The van der Waals surface area contributed by atoms with E-state index in [9.17, 15) is 39.0 Å². The van der Waals surface area contributed by atoms with Crippen molar-refractivity contribution in [2.24, 2.45) is 0 Å². The average Bonchev–Trinajstić information content (AvgIpc) is 2.34. The molecule has 0 unspecified atom stereocenters. The van der Waals surface area contributed by atoms with Crippen molar-refractivity contribution in [1.29, 1.82) is 0 Å². The second kappa shape index (κ2) is 18.4. The third-order valence-corrected chi connectivity index (χ3v) is 2.56. The van der Waals surface area contributed by atoms with E-state index in [2.05, 4.69) is 0 Å². The Labute approximate surface area is 211 Å². The van der Waals surface area contributed by atoms with E-state index in [-0.39, 0.29) is 70.1 Å². The van der Waals surface area contributed by atoms with E-state index in [1.807, 2.05) is 0 Å². The monoisotopic (exact) mass is 464 g/mol. The summed E-state index contributed by atoms with van der Waals surface area (Å²) in [4.78, 5) is 60.7. The summed E-state index contributed by atoms with van der Waals surface area (Å²) in [6.45, 7) is 0. The van der Waals surface area contributed by atoms with Crippen molar-refractivity contribution in [2.45, 2.75) is 36.9 Å². The van der Waals surface area contributed by atoms with Crippen LogP contribution in [0.5, 0.6) is 0 Å². The standard InChI is InChI=1S/2C6H8O7.2Na.2H2O/c2*7-3(8)1-6(13,5(11)12)2-4(9)10;;;;/h2*13H,1-2H2,(H,7,8)(H,9,10)(H,11,12);;;2*1H2/q;;2*+1;;/p-2. The van der Waals surface area contributed by atoms with Crippen LogP contribution in [0, 0.1) is 0 Å². The first-order chi connectivity index (χ1) is 11.6. The predicted molar refractivity (Wildman–Crippen MR) is 76.2 cm³/mol. The molecule has 0 bridgehead atoms. The van der Waals surface area contributed by atoms with Gasteiger partial charge in [-0.2, -0.15) is 0 Å². The first-order valence-electron chi connectivity index (χ1n) is 6.30. The smallest absolute Gasteiger partial charge is 0.550 e. The molecule has 0 rings (SSSR count). The number of carbonyl (C=O) groups excluding carboxylic acids is 2. The van der Waals surface area contributed by atoms with Gasteiger partial charge in [-0.3, -0.25) is 9.59 Å². The maximum absolute atomic E-state index is 10.3. The minimum absolute atomic E-state index is 0. The van der Waals surface area contributed by atoms with Gasteiger partial charge in [-0.15, -0.1) is 0 Å². The number of aliphatic hydroxyl groups is 2. The predicted octanol–water partition coefficient (Wildman–Crippen LogP) is -12.8. The van der Waals surface area contributed by atoms with Crippen LogP contribution in [-0.2, 0) is 28.8 Å². The maximum Gasteiger partial charge on any atom is 1.00 e. The second-order valence-electron chi connectivity index (χ2n) is 4.91. The number of carboxylic acid groups (broad SMARTS) is 6. The summed E-state index contributed by atoms with van der Waals surface area (Å²) in [6, 6.07) is 0. The molecule has 0 aliphatic rings. The second-order valence-corrected chi connectivity index (χ2v) is 4.91. The summed E-state index contributed by atoms with van der Waals surface area (Å²) in [5.74, 6) is -10.7. The zero-order chi connectivity index (χ0) is 21.3. The van der Waals surface area contributed by atoms with Gasteiger partial charge in [0, 0.05) is 24.8 Å². The van der Waals surface area contributed by atoms with Gasteiger partial charge in [-0.05, 0) is 0 Å². The van der Waals surface area contributed by atoms with Crippen molar-refractivity contribution in [1.82, 2.24) is 0 Å². The molecule has 10 N–H and O–H groups in total. The van der Waals surface area contributed by atoms with Crippen LogP contribution >= 0.6 is 0 Å². The van der Waals surface area contributed by atoms with E-state index in [0.29, 0.717) is 0 Å². The minimum Gasteiger partial charge on any atom is -0.550 e. The molecule has 0 saturated carbocycles. The molecule has 0 fully saturated rings. The minimum atomic E-state index is -2.86. The third kappa shape index (κ3) is 18.7. The fraction of sp³-hybridized carbons (Fsp3) is 0.500. The molecule has 0 heterocycles. The Bertz CT molecular complexity index is 519. The normalized spacial score (nSPS) is 9.40. The topological polar surface area (TPSA) is 333 Å². The molecule has 30 heavy (non-hydrogen) atoms. The molecule has 0 aliphatic heterocycles. The van der Waals surface area contributed by atoms with Crippen molar-refractivity contribution in [3.8, 4) is 0 Å². The largest absolute Gasteiger partial charge is 1.00 e. The first-order valence-corrected chi connectivity index (χ1v) is 6.30. The number of rotatable bonds is 10. The van der Waals surface area contributed by atoms with Crippen LogP contribution in [-0.4, -0.2) is 88.6 Å². The van der Waals surface area contributed by atoms with Gasteiger partial charge in [-0.1, -0.05) is 0 Å². The Balaban J connectivity index is -0.0000000847. The van der Waals surface area contributed by atoms with Crippen LogP contribution in [0.25, 0.3) is 0 Å². The van der Waals surface area contributed by atoms with Gasteiger partial charge in [0.15, 0.2) is 11.2 Å². The summed E-state index contributed by atoms with van der Waals surface area (Å²) in [7, 11) is 0. The number of aliphatic carboxylic acids is 6. The van der Waals surface area contributed by atoms with Crippen LogP contribution < -0.4 is 69.3 Å². The van der Waals surface area contributed by atoms with Gasteiger partial charge in [0.2, 0.25) is 0 Å². The quantitative estimate of drug-likeness (QED) is 0.163. The number of carbonyl (C=O) groups is 6. The Morgan fingerprint density at radius 3 is 0.900 bits per heavy atom. The van der Waals surface area contributed by atoms with Gasteiger partial charge >= 0.3 is 83.0 Å². The van der Waals surface area contributed by atoms with Crippen molar-refractivity contribution in [3.05, 3.63) is 0 Å². The summed E-state index contributed by atoms with van der Waals surface area (Å²) in [5, 5.41) is 71.0. The zero-order valence-corrected chi connectivity index (χ0v) is 19.8. The molecular weight excluding hydrogens is 446 g/mol. The molecule has 164 valence electrons. The van der Waals surface area contributed by atoms with E-state index < -0.39 is 72.7 Å². The molecule has 0 atom stereocenters. The van der Waals surface area contributed by atoms with Crippen molar-refractivity contribution in [2.75, 3.05) is 0 Å². The molecule has 0 spiro atoms. The molecule has 0 aliphatic carbocycles. The van der Waals surface area contributed by atoms with Crippen molar-refractivity contribution in [3.63, 3.8) is 0 Å². The zero-order valence-electron chi connectivity index (χ0n) is 15.8. The average molecular weight is 464 g/mol. The molecule has 0 aromatic heterocycles. The SMILES string of the molecule is O.O.O=C(O)CC(O)(CC(=O)O)C(=O)O.O=C([O-])CC(O)(CC(=O)[O-])C(=O)O.[Na+].[Na+]. The summed E-state index contributed by atoms with van der Waals surface area (Å²) < 4.78 is 0. The summed E-state index contributed by atoms with van der Waals surface area (Å²) in [6.07, 6.45) is -4.88. The summed E-state index contributed by atoms with van der Waals surface area (Å²) in [5.41, 5.74) is -5.60. The number of carboxylic acids is 6. The Morgan fingerprint density at radius 2 is 0.767 bits per heavy atom. The van der Waals surface area contributed by atoms with Gasteiger partial charge < -0.3 is 61.4 Å². The van der Waals surface area contributed by atoms with Crippen molar-refractivity contribution < 1.29 is 140 Å². The Morgan fingerprint density at radius 1 is 0.567 bits per heavy atom. The van der Waals surface area contributed by atoms with Crippen LogP contribution in [0.15, 0.2) is 0 Å². The van der Waals surface area contributed by atoms with Crippen LogP contribution in [0.4, 0.5) is 0 Å². The van der Waals surface area contributed by atoms with Gasteiger partial charge in [-0.25, -0.2) is 9.59 Å². The molecule has 0 aromatic carbocycles. The van der Waals surface area contributed by atoms with E-state index >= 15 is 0 Å². The number of hydrogen-bond acceptors (Lipinski definition) is 10. The van der Waals surface area contributed by atoms with E-state index in [1.54, 1.807) is 0 Å². The van der Waals surface area contributed by atoms with Crippen LogP contribution in [0.1, 0.15) is 25.7 Å². The van der Waals surface area contributed by atoms with E-state index in [4.69, 9.17) is 30.6 Å². The first kappa shape index (κ1) is 42.7. The van der Waals surface area contributed by atoms with Gasteiger partial charge in [0.25, 0.3) is 0 Å². The molecule has 18 heteroatoms. The molecule has 0 amide bonds. The molecule has 0 radical (unpaired) electrons. The summed E-state index contributed by atoms with van der Waals surface area (Å²) >= 11 is 0. The Kier molecular flexibility index (Phi) is 26.2. The van der Waals surface area contributed by atoms with Crippen LogP contribution in [0.2, 0.25) is 0 Å². The molecule has 0 aromatic rings. The van der Waals surface area contributed by atoms with E-state index in [1.165, 1.54) is 0 Å². The van der Waals surface area contributed by atoms with Gasteiger partial charge in [0.05, 0.1) is 12.8 Å². The molecule has 16 nitrogen and oxygen atoms in total. The van der Waals surface area contributed by atoms with E-state index in [0.717, 1.165) is 0 Å². The molecular formula is C12H18Na2O16. The van der Waals surface area contributed by atoms with Crippen molar-refractivity contribution >= 4 is 35.8 Å². The third-order valence-electron chi connectivity index (χ3n) is 2.56. The maximum atomic E-state index is 10.3. The fourth-order valence-corrected chi connectivity index (χ4v) is 1.41. The Hall–Kier alpha value is -1.34. The molecule has 0 saturated heterocycles.